The van der Waals surface area contributed by atoms with Crippen molar-refractivity contribution >= 4 is 38.8 Å². The van der Waals surface area contributed by atoms with Crippen LogP contribution >= 0.6 is 11.3 Å². The number of hydrogen-bond acceptors (Lipinski definition) is 5. The number of para-hydroxylation sites is 1. The summed E-state index contributed by atoms with van der Waals surface area (Å²) in [5, 5.41) is 4.41. The first-order valence-corrected chi connectivity index (χ1v) is 11.1. The standard InChI is InChI=1S/C20H18N2O4S2/c23-20(26-17-7-2-1-3-8-17)21-16-11-10-15-6-4-12-22(18(15)14-16)28(24,25)19-9-5-13-27-19/h1-3,5,7-11,13-14H,4,6,12H2,(H,21,23). The Balaban J connectivity index is 1.59. The molecule has 3 aromatic rings. The van der Waals surface area contributed by atoms with Crippen LogP contribution in [0.15, 0.2) is 70.3 Å². The molecule has 4 rings (SSSR count). The summed E-state index contributed by atoms with van der Waals surface area (Å²) in [6.07, 6.45) is 0.913. The fraction of sp³-hybridized carbons (Fsp3) is 0.150. The van der Waals surface area contributed by atoms with Gasteiger partial charge in [0.2, 0.25) is 0 Å². The Labute approximate surface area is 167 Å². The average molecular weight is 415 g/mol. The molecule has 0 atom stereocenters. The normalized spacial score (nSPS) is 13.6. The maximum Gasteiger partial charge on any atom is 0.417 e. The number of fused-ring (bicyclic) bond motifs is 1. The molecule has 0 saturated carbocycles. The quantitative estimate of drug-likeness (QED) is 0.682. The highest BCUT2D eigenvalue weighted by molar-refractivity contribution is 7.94. The molecule has 28 heavy (non-hydrogen) atoms. The molecule has 0 aliphatic carbocycles. The lowest BCUT2D eigenvalue weighted by Gasteiger charge is -2.30. The zero-order valence-corrected chi connectivity index (χ0v) is 16.5. The molecule has 0 bridgehead atoms. The predicted octanol–water partition coefficient (Wildman–Crippen LogP) is 4.50. The maximum absolute atomic E-state index is 13.0. The minimum atomic E-state index is -3.62. The van der Waals surface area contributed by atoms with E-state index in [0.29, 0.717) is 27.9 Å². The number of amides is 1. The molecule has 1 amide bonds. The van der Waals surface area contributed by atoms with Crippen LogP contribution in [0.4, 0.5) is 16.2 Å². The van der Waals surface area contributed by atoms with Crippen LogP contribution in [0, 0.1) is 0 Å². The van der Waals surface area contributed by atoms with Gasteiger partial charge >= 0.3 is 6.09 Å². The highest BCUT2D eigenvalue weighted by Gasteiger charge is 2.30. The van der Waals surface area contributed by atoms with Gasteiger partial charge in [0.15, 0.2) is 0 Å². The Morgan fingerprint density at radius 3 is 2.64 bits per heavy atom. The topological polar surface area (TPSA) is 75.7 Å². The van der Waals surface area contributed by atoms with Gasteiger partial charge in [0.1, 0.15) is 9.96 Å². The minimum absolute atomic E-state index is 0.308. The van der Waals surface area contributed by atoms with Crippen molar-refractivity contribution in [2.24, 2.45) is 0 Å². The number of carbonyl (C=O) groups is 1. The molecule has 144 valence electrons. The van der Waals surface area contributed by atoms with Gasteiger partial charge in [0, 0.05) is 12.2 Å². The van der Waals surface area contributed by atoms with E-state index in [1.165, 1.54) is 15.6 Å². The molecule has 0 spiro atoms. The number of aryl methyl sites for hydroxylation is 1. The number of thiophene rings is 1. The van der Waals surface area contributed by atoms with Gasteiger partial charge in [-0.25, -0.2) is 13.2 Å². The number of ether oxygens (including phenoxy) is 1. The minimum Gasteiger partial charge on any atom is -0.410 e. The largest absolute Gasteiger partial charge is 0.417 e. The molecule has 6 nitrogen and oxygen atoms in total. The van der Waals surface area contributed by atoms with Crippen LogP contribution in [0.2, 0.25) is 0 Å². The fourth-order valence-electron chi connectivity index (χ4n) is 3.13. The Morgan fingerprint density at radius 1 is 1.07 bits per heavy atom. The molecule has 2 heterocycles. The molecule has 0 fully saturated rings. The van der Waals surface area contributed by atoms with E-state index < -0.39 is 16.1 Å². The third-order valence-corrected chi connectivity index (χ3v) is 7.59. The predicted molar refractivity (Wildman–Crippen MR) is 110 cm³/mol. The van der Waals surface area contributed by atoms with Gasteiger partial charge in [-0.2, -0.15) is 0 Å². The first-order valence-electron chi connectivity index (χ1n) is 8.77. The second-order valence-corrected chi connectivity index (χ2v) is 9.32. The third kappa shape index (κ3) is 3.74. The Kier molecular flexibility index (Phi) is 5.06. The zero-order valence-electron chi connectivity index (χ0n) is 14.9. The highest BCUT2D eigenvalue weighted by atomic mass is 32.2. The summed E-state index contributed by atoms with van der Waals surface area (Å²) in [5.41, 5.74) is 2.01. The van der Waals surface area contributed by atoms with E-state index >= 15 is 0 Å². The van der Waals surface area contributed by atoms with Gasteiger partial charge in [-0.3, -0.25) is 9.62 Å². The Bertz CT molecular complexity index is 1080. The molecule has 2 aromatic carbocycles. The number of benzene rings is 2. The summed E-state index contributed by atoms with van der Waals surface area (Å²) in [5.74, 6) is 0.430. The van der Waals surface area contributed by atoms with Crippen LogP contribution < -0.4 is 14.4 Å². The first-order chi connectivity index (χ1) is 13.5. The van der Waals surface area contributed by atoms with Crippen LogP contribution in [0.3, 0.4) is 0 Å². The average Bonchev–Trinajstić information content (AvgIpc) is 3.24. The highest BCUT2D eigenvalue weighted by Crippen LogP contribution is 2.35. The lowest BCUT2D eigenvalue weighted by Crippen LogP contribution is -2.35. The van der Waals surface area contributed by atoms with Crippen molar-refractivity contribution < 1.29 is 17.9 Å². The number of nitrogens with one attached hydrogen (secondary N) is 1. The fourth-order valence-corrected chi connectivity index (χ4v) is 5.76. The Morgan fingerprint density at radius 2 is 1.89 bits per heavy atom. The van der Waals surface area contributed by atoms with Crippen molar-refractivity contribution in [3.63, 3.8) is 0 Å². The van der Waals surface area contributed by atoms with Gasteiger partial charge in [-0.15, -0.1) is 11.3 Å². The van der Waals surface area contributed by atoms with Crippen molar-refractivity contribution in [1.82, 2.24) is 0 Å². The van der Waals surface area contributed by atoms with Crippen molar-refractivity contribution in [3.05, 3.63) is 71.6 Å². The van der Waals surface area contributed by atoms with Crippen molar-refractivity contribution in [1.29, 1.82) is 0 Å². The van der Waals surface area contributed by atoms with Gasteiger partial charge in [-0.05, 0) is 54.1 Å². The van der Waals surface area contributed by atoms with E-state index in [-0.39, 0.29) is 0 Å². The Hall–Kier alpha value is -2.84. The molecular weight excluding hydrogens is 396 g/mol. The summed E-state index contributed by atoms with van der Waals surface area (Å²) in [7, 11) is -3.62. The molecule has 0 unspecified atom stereocenters. The van der Waals surface area contributed by atoms with Gasteiger partial charge in [0.25, 0.3) is 10.0 Å². The van der Waals surface area contributed by atoms with E-state index in [1.54, 1.807) is 53.9 Å². The molecule has 0 saturated heterocycles. The summed E-state index contributed by atoms with van der Waals surface area (Å²) in [6.45, 7) is 0.408. The maximum atomic E-state index is 13.0. The van der Waals surface area contributed by atoms with Crippen molar-refractivity contribution in [3.8, 4) is 5.75 Å². The first kappa shape index (κ1) is 18.5. The molecule has 0 radical (unpaired) electrons. The number of anilines is 2. The number of sulfonamides is 1. The molecule has 1 aromatic heterocycles. The third-order valence-electron chi connectivity index (χ3n) is 4.40. The monoisotopic (exact) mass is 414 g/mol. The molecule has 1 aliphatic rings. The van der Waals surface area contributed by atoms with Crippen molar-refractivity contribution in [2.75, 3.05) is 16.2 Å². The number of nitrogens with zero attached hydrogens (tertiary/aromatic N) is 1. The van der Waals surface area contributed by atoms with E-state index in [2.05, 4.69) is 5.32 Å². The van der Waals surface area contributed by atoms with Crippen LogP contribution in [0.25, 0.3) is 0 Å². The van der Waals surface area contributed by atoms with Crippen LogP contribution in [-0.4, -0.2) is 21.1 Å². The van der Waals surface area contributed by atoms with Crippen LogP contribution in [-0.2, 0) is 16.4 Å². The molecule has 8 heteroatoms. The molecular formula is C20H18N2O4S2. The number of rotatable bonds is 4. The summed E-state index contributed by atoms with van der Waals surface area (Å²) in [4.78, 5) is 12.2. The van der Waals surface area contributed by atoms with E-state index in [1.807, 2.05) is 12.1 Å². The summed E-state index contributed by atoms with van der Waals surface area (Å²) in [6, 6.07) is 17.4. The van der Waals surface area contributed by atoms with Gasteiger partial charge in [-0.1, -0.05) is 30.3 Å². The summed E-state index contributed by atoms with van der Waals surface area (Å²) >= 11 is 1.19. The second kappa shape index (κ2) is 7.65. The molecule has 1 aliphatic heterocycles. The number of hydrogen-bond donors (Lipinski definition) is 1. The SMILES string of the molecule is O=C(Nc1ccc2c(c1)N(S(=O)(=O)c1cccs1)CCC2)Oc1ccccc1. The lowest BCUT2D eigenvalue weighted by molar-refractivity contribution is 0.215. The van der Waals surface area contributed by atoms with E-state index in [0.717, 1.165) is 18.4 Å². The zero-order chi connectivity index (χ0) is 19.6. The van der Waals surface area contributed by atoms with E-state index in [9.17, 15) is 13.2 Å². The smallest absolute Gasteiger partial charge is 0.410 e. The summed E-state index contributed by atoms with van der Waals surface area (Å²) < 4.78 is 33.0. The number of carbonyl (C=O) groups excluding carboxylic acids is 1. The van der Waals surface area contributed by atoms with Gasteiger partial charge < -0.3 is 4.74 Å². The molecule has 1 N–H and O–H groups in total. The van der Waals surface area contributed by atoms with E-state index in [4.69, 9.17) is 4.74 Å². The van der Waals surface area contributed by atoms with Gasteiger partial charge in [0.05, 0.1) is 5.69 Å². The van der Waals surface area contributed by atoms with Crippen LogP contribution in [0.5, 0.6) is 5.75 Å². The second-order valence-electron chi connectivity index (χ2n) is 6.28. The van der Waals surface area contributed by atoms with Crippen LogP contribution in [0.1, 0.15) is 12.0 Å². The van der Waals surface area contributed by atoms with Crippen molar-refractivity contribution in [2.45, 2.75) is 17.1 Å². The lowest BCUT2D eigenvalue weighted by atomic mass is 10.0.